The third-order valence-electron chi connectivity index (χ3n) is 7.96. The van der Waals surface area contributed by atoms with E-state index in [0.29, 0.717) is 0 Å². The molecule has 3 saturated heterocycles. The van der Waals surface area contributed by atoms with E-state index in [0.717, 1.165) is 0 Å². The summed E-state index contributed by atoms with van der Waals surface area (Å²) in [5, 5.41) is 22.6. The smallest absolute Gasteiger partial charge is 0.386 e. The average Bonchev–Trinajstić information content (AvgIpc) is 3.85. The molecule has 3 aliphatic heterocycles. The topological polar surface area (TPSA) is 271 Å². The number of imidazole rings is 3. The number of hydrogen-bond acceptors (Lipinski definition) is 17. The fourth-order valence-corrected chi connectivity index (χ4v) is 8.69. The van der Waals surface area contributed by atoms with Crippen LogP contribution < -0.4 is 11.3 Å². The lowest BCUT2D eigenvalue weighted by Gasteiger charge is -2.27. The Hall–Kier alpha value is -2.89. The molecule has 0 radical (unpaired) electrons. The van der Waals surface area contributed by atoms with E-state index in [9.17, 15) is 24.5 Å². The van der Waals surface area contributed by atoms with E-state index in [2.05, 4.69) is 42.2 Å². The quantitative estimate of drug-likeness (QED) is 0.0976. The fraction of sp³-hybridized carbons (Fsp3) is 0.455. The number of aliphatic hydroxyl groups excluding tert-OH is 2. The molecule has 21 nitrogen and oxygen atoms in total. The number of nitrogens with zero attached hydrogens (tertiary/aromatic N) is 8. The zero-order valence-corrected chi connectivity index (χ0v) is 26.9. The predicted octanol–water partition coefficient (Wildman–Crippen LogP) is -0.617. The number of ether oxygens (including phenoxy) is 2. The highest BCUT2D eigenvalue weighted by atomic mass is 32.7. The van der Waals surface area contributed by atoms with Crippen molar-refractivity contribution in [1.82, 2.24) is 43.4 Å². The Morgan fingerprint density at radius 3 is 2.53 bits per heavy atom. The maximum absolute atomic E-state index is 13.6. The molecular formula is C22H24N10O11P2S2. The van der Waals surface area contributed by atoms with Crippen molar-refractivity contribution in [2.75, 3.05) is 18.9 Å². The molecule has 5 aromatic rings. The number of anilines is 1. The molecule has 0 saturated carbocycles. The second-order valence-electron chi connectivity index (χ2n) is 10.8. The van der Waals surface area contributed by atoms with Gasteiger partial charge in [-0.05, 0) is 11.8 Å². The normalized spacial score (nSPS) is 36.8. The maximum Gasteiger partial charge on any atom is 0.386 e. The molecule has 0 aliphatic carbocycles. The van der Waals surface area contributed by atoms with Crippen molar-refractivity contribution in [3.8, 4) is 0 Å². The highest BCUT2D eigenvalue weighted by Gasteiger charge is 2.53. The molecule has 6 N–H and O–H groups in total. The van der Waals surface area contributed by atoms with Crippen molar-refractivity contribution in [2.24, 2.45) is 0 Å². The fourth-order valence-electron chi connectivity index (χ4n) is 5.78. The first kappa shape index (κ1) is 31.4. The molecule has 2 bridgehead atoms. The number of H-pyrrole nitrogens is 1. The molecule has 250 valence electrons. The number of aliphatic hydroxyl groups is 2. The number of thiol groups is 1. The van der Waals surface area contributed by atoms with Crippen LogP contribution in [0.25, 0.3) is 28.1 Å². The van der Waals surface area contributed by atoms with Gasteiger partial charge in [0.15, 0.2) is 29.4 Å². The number of aromatic amines is 1. The van der Waals surface area contributed by atoms with E-state index in [1.165, 1.54) is 44.9 Å². The average molecular weight is 731 g/mol. The van der Waals surface area contributed by atoms with Crippen molar-refractivity contribution >= 4 is 71.5 Å². The van der Waals surface area contributed by atoms with Gasteiger partial charge in [-0.25, -0.2) is 33.9 Å². The van der Waals surface area contributed by atoms with E-state index >= 15 is 0 Å². The van der Waals surface area contributed by atoms with Crippen LogP contribution in [0.4, 0.5) is 5.82 Å². The summed E-state index contributed by atoms with van der Waals surface area (Å²) in [4.78, 5) is 47.5. The number of hydrogen-bond donors (Lipinski definition) is 6. The van der Waals surface area contributed by atoms with Crippen LogP contribution >= 0.6 is 25.8 Å². The minimum atomic E-state index is -4.34. The SMILES string of the molecule is Nc1ncnc2c1ncn2[C@@H]1O[C@@H]2COP(O)(=S)O[C@H]3[C@@H](O)[C@H](n4cnc5c(=O)n6ccnc6[nH]c54)O[C@@H]3COP(=O)(S)O[C@@H]1[C@@H]2O. The highest BCUT2D eigenvalue weighted by molar-refractivity contribution is 8.44. The van der Waals surface area contributed by atoms with Crippen LogP contribution in [0.15, 0.2) is 36.2 Å². The van der Waals surface area contributed by atoms with Gasteiger partial charge in [-0.2, -0.15) is 0 Å². The molecule has 25 heteroatoms. The van der Waals surface area contributed by atoms with Crippen molar-refractivity contribution < 1.29 is 47.2 Å². The summed E-state index contributed by atoms with van der Waals surface area (Å²) in [5.41, 5.74) is 6.10. The van der Waals surface area contributed by atoms with E-state index < -0.39 is 81.4 Å². The number of nitrogens with two attached hydrogens (primary N) is 1. The second kappa shape index (κ2) is 11.3. The molecule has 8 heterocycles. The third kappa shape index (κ3) is 5.31. The molecule has 3 fully saturated rings. The first-order valence-electron chi connectivity index (χ1n) is 13.7. The molecule has 5 aromatic heterocycles. The third-order valence-corrected chi connectivity index (χ3v) is 11.1. The lowest BCUT2D eigenvalue weighted by molar-refractivity contribution is -0.0588. The van der Waals surface area contributed by atoms with Crippen LogP contribution in [0, 0.1) is 0 Å². The predicted molar refractivity (Wildman–Crippen MR) is 163 cm³/mol. The van der Waals surface area contributed by atoms with Gasteiger partial charge in [0.05, 0.1) is 25.9 Å². The molecule has 10 atom stereocenters. The van der Waals surface area contributed by atoms with Crippen molar-refractivity contribution in [1.29, 1.82) is 0 Å². The van der Waals surface area contributed by atoms with Gasteiger partial charge in [0.2, 0.25) is 5.78 Å². The molecule has 0 amide bonds. The Morgan fingerprint density at radius 1 is 0.957 bits per heavy atom. The summed E-state index contributed by atoms with van der Waals surface area (Å²) in [6.45, 7) is -9.63. The molecular weight excluding hydrogens is 706 g/mol. The standard InChI is InChI=1S/C22H24N10O11P2S2/c23-16-10-17(26-5-25-16)31(6-27-10)21-15-12(33)8(40-21)3-38-44(36,46)42-14-9(4-39-45(37,47)43-15)41-20(13(14)34)32-7-28-11-18(32)29-22-24-1-2-30(22)19(11)35/h1-2,5-9,12-15,20-21,33-34H,3-4H2,(H,24,29)(H,36,46)(H,37,47)(H2,23,25,26)/t8-,9-,12-,13-,14-,15-,20-,21-,44?,45?/m1/s1. The van der Waals surface area contributed by atoms with Crippen LogP contribution in [0.3, 0.4) is 0 Å². The minimum Gasteiger partial charge on any atom is -0.387 e. The van der Waals surface area contributed by atoms with Gasteiger partial charge in [0.1, 0.15) is 54.1 Å². The first-order valence-corrected chi connectivity index (χ1v) is 19.0. The summed E-state index contributed by atoms with van der Waals surface area (Å²) in [6, 6.07) is 0. The van der Waals surface area contributed by atoms with Gasteiger partial charge in [-0.3, -0.25) is 27.5 Å². The molecule has 3 aliphatic rings. The Morgan fingerprint density at radius 2 is 1.70 bits per heavy atom. The van der Waals surface area contributed by atoms with Gasteiger partial charge in [-0.15, -0.1) is 0 Å². The minimum absolute atomic E-state index is 0.0258. The zero-order valence-electron chi connectivity index (χ0n) is 23.4. The van der Waals surface area contributed by atoms with E-state index in [1.54, 1.807) is 0 Å². The number of nitrogens with one attached hydrogen (secondary N) is 1. The summed E-state index contributed by atoms with van der Waals surface area (Å²) < 4.78 is 52.3. The van der Waals surface area contributed by atoms with Gasteiger partial charge in [-0.1, -0.05) is 12.2 Å². The number of fused-ring (bicyclic) bond motifs is 6. The van der Waals surface area contributed by atoms with Crippen molar-refractivity contribution in [3.63, 3.8) is 0 Å². The highest BCUT2D eigenvalue weighted by Crippen LogP contribution is 2.58. The van der Waals surface area contributed by atoms with Crippen molar-refractivity contribution in [3.05, 3.63) is 41.7 Å². The second-order valence-corrected chi connectivity index (χ2v) is 16.4. The van der Waals surface area contributed by atoms with Gasteiger partial charge < -0.3 is 39.8 Å². The van der Waals surface area contributed by atoms with Crippen LogP contribution in [0.5, 0.6) is 0 Å². The van der Waals surface area contributed by atoms with Crippen LogP contribution in [-0.2, 0) is 43.9 Å². The molecule has 2 unspecified atom stereocenters. The summed E-state index contributed by atoms with van der Waals surface area (Å²) in [5.74, 6) is 0.299. The van der Waals surface area contributed by atoms with Crippen LogP contribution in [-0.4, -0.2) is 108 Å². The Balaban J connectivity index is 1.12. The number of nitrogen functional groups attached to an aromatic ring is 1. The van der Waals surface area contributed by atoms with Gasteiger partial charge in [0.25, 0.3) is 5.56 Å². The lowest BCUT2D eigenvalue weighted by Crippen LogP contribution is -2.36. The summed E-state index contributed by atoms with van der Waals surface area (Å²) in [6.07, 6.45) is -4.14. The summed E-state index contributed by atoms with van der Waals surface area (Å²) >= 11 is 9.37. The number of aromatic nitrogens is 9. The number of rotatable bonds is 2. The van der Waals surface area contributed by atoms with Crippen LogP contribution in [0.2, 0.25) is 0 Å². The first-order chi connectivity index (χ1) is 22.4. The van der Waals surface area contributed by atoms with Gasteiger partial charge in [0, 0.05) is 12.4 Å². The molecule has 47 heavy (non-hydrogen) atoms. The Labute approximate surface area is 271 Å². The molecule has 0 spiro atoms. The van der Waals surface area contributed by atoms with E-state index in [1.807, 2.05) is 0 Å². The maximum atomic E-state index is 13.6. The van der Waals surface area contributed by atoms with E-state index in [4.69, 9.17) is 45.1 Å². The largest absolute Gasteiger partial charge is 0.387 e. The van der Waals surface area contributed by atoms with Crippen LogP contribution in [0.1, 0.15) is 12.5 Å². The lowest BCUT2D eigenvalue weighted by atomic mass is 10.1. The Bertz CT molecular complexity index is 2180. The monoisotopic (exact) mass is 730 g/mol. The zero-order chi connectivity index (χ0) is 32.8. The Kier molecular flexibility index (Phi) is 7.57. The molecule has 8 rings (SSSR count). The van der Waals surface area contributed by atoms with Gasteiger partial charge >= 0.3 is 13.5 Å². The molecule has 0 aromatic carbocycles. The summed E-state index contributed by atoms with van der Waals surface area (Å²) in [7, 11) is 0. The van der Waals surface area contributed by atoms with E-state index in [-0.39, 0.29) is 33.9 Å². The van der Waals surface area contributed by atoms with Crippen molar-refractivity contribution in [2.45, 2.75) is 49.1 Å².